The Balaban J connectivity index is 1.17. The lowest BCUT2D eigenvalue weighted by Gasteiger charge is -2.19. The average Bonchev–Trinajstić information content (AvgIpc) is 2.98. The summed E-state index contributed by atoms with van der Waals surface area (Å²) in [6, 6.07) is 9.98. The lowest BCUT2D eigenvalue weighted by Crippen LogP contribution is -2.26. The molecule has 2 aliphatic rings. The minimum atomic E-state index is 0.653. The van der Waals surface area contributed by atoms with Crippen LogP contribution in [0.3, 0.4) is 0 Å². The Kier molecular flexibility index (Phi) is 4.10. The van der Waals surface area contributed by atoms with E-state index in [1.165, 1.54) is 5.56 Å². The molecular weight excluding hydrogens is 360 g/mol. The fourth-order valence-electron chi connectivity index (χ4n) is 4.43. The number of aryl methyl sites for hydroxylation is 2. The van der Waals surface area contributed by atoms with Crippen molar-refractivity contribution in [2.75, 3.05) is 19.7 Å². The molecule has 0 amide bonds. The fraction of sp³-hybridized carbons (Fsp3) is 0.429. The molecule has 5 rings (SSSR count). The third-order valence-corrected chi connectivity index (χ3v) is 6.39. The van der Waals surface area contributed by atoms with E-state index in [4.69, 9.17) is 21.3 Å². The molecule has 140 valence electrons. The first kappa shape index (κ1) is 17.0. The average molecular weight is 383 g/mol. The maximum atomic E-state index is 6.23. The number of halogens is 1. The summed E-state index contributed by atoms with van der Waals surface area (Å²) in [7, 11) is 2.07. The van der Waals surface area contributed by atoms with Crippen LogP contribution < -0.4 is 4.74 Å². The molecule has 3 atom stereocenters. The van der Waals surface area contributed by atoms with E-state index < -0.39 is 0 Å². The number of fused-ring (bicyclic) bond motifs is 2. The first-order chi connectivity index (χ1) is 13.1. The number of aromatic nitrogens is 3. The molecular formula is C21H23ClN4O. The summed E-state index contributed by atoms with van der Waals surface area (Å²) in [6.45, 7) is 5.96. The molecule has 6 heteroatoms. The number of piperidine rings is 1. The summed E-state index contributed by atoms with van der Waals surface area (Å²) in [4.78, 5) is 11.6. The van der Waals surface area contributed by atoms with Crippen LogP contribution in [-0.2, 0) is 13.6 Å². The molecule has 5 nitrogen and oxygen atoms in total. The highest BCUT2D eigenvalue weighted by atomic mass is 35.5. The third-order valence-electron chi connectivity index (χ3n) is 6.08. The Labute approximate surface area is 163 Å². The lowest BCUT2D eigenvalue weighted by molar-refractivity contribution is 0.226. The van der Waals surface area contributed by atoms with Gasteiger partial charge in [-0.2, -0.15) is 0 Å². The zero-order valence-corrected chi connectivity index (χ0v) is 16.4. The van der Waals surface area contributed by atoms with Crippen LogP contribution in [0.1, 0.15) is 11.4 Å². The van der Waals surface area contributed by atoms with Crippen molar-refractivity contribution in [3.63, 3.8) is 0 Å². The molecule has 1 aromatic carbocycles. The zero-order valence-electron chi connectivity index (χ0n) is 15.6. The van der Waals surface area contributed by atoms with Crippen molar-refractivity contribution in [1.29, 1.82) is 0 Å². The number of rotatable bonds is 5. The third kappa shape index (κ3) is 3.09. The number of pyridine rings is 1. The molecule has 1 saturated carbocycles. The van der Waals surface area contributed by atoms with Crippen LogP contribution >= 0.6 is 11.6 Å². The highest BCUT2D eigenvalue weighted by molar-refractivity contribution is 6.32. The van der Waals surface area contributed by atoms with Crippen LogP contribution in [0.2, 0.25) is 5.02 Å². The van der Waals surface area contributed by atoms with Crippen molar-refractivity contribution < 1.29 is 4.74 Å². The molecule has 1 aliphatic heterocycles. The molecule has 2 aromatic heterocycles. The van der Waals surface area contributed by atoms with Gasteiger partial charge in [-0.1, -0.05) is 17.7 Å². The number of hydrogen-bond acceptors (Lipinski definition) is 4. The topological polar surface area (TPSA) is 43.2 Å². The van der Waals surface area contributed by atoms with E-state index >= 15 is 0 Å². The van der Waals surface area contributed by atoms with Gasteiger partial charge in [0.15, 0.2) is 5.65 Å². The van der Waals surface area contributed by atoms with Crippen molar-refractivity contribution in [2.45, 2.75) is 13.5 Å². The maximum absolute atomic E-state index is 6.23. The number of imidazole rings is 1. The molecule has 27 heavy (non-hydrogen) atoms. The summed E-state index contributed by atoms with van der Waals surface area (Å²) in [6.07, 6.45) is 1.80. The van der Waals surface area contributed by atoms with Crippen molar-refractivity contribution >= 4 is 22.8 Å². The van der Waals surface area contributed by atoms with Crippen LogP contribution in [0.15, 0.2) is 36.5 Å². The molecule has 1 aliphatic carbocycles. The molecule has 3 aromatic rings. The monoisotopic (exact) mass is 382 g/mol. The fourth-order valence-corrected chi connectivity index (χ4v) is 4.61. The second-order valence-corrected chi connectivity index (χ2v) is 8.27. The summed E-state index contributed by atoms with van der Waals surface area (Å²) in [5.41, 5.74) is 3.10. The minimum Gasteiger partial charge on any atom is -0.492 e. The molecule has 0 radical (unpaired) electrons. The summed E-state index contributed by atoms with van der Waals surface area (Å²) in [5, 5.41) is 0.698. The lowest BCUT2D eigenvalue weighted by atomic mass is 10.2. The van der Waals surface area contributed by atoms with Crippen molar-refractivity contribution in [3.05, 3.63) is 52.9 Å². The van der Waals surface area contributed by atoms with Gasteiger partial charge < -0.3 is 9.30 Å². The van der Waals surface area contributed by atoms with Crippen LogP contribution in [-0.4, -0.2) is 39.1 Å². The van der Waals surface area contributed by atoms with Gasteiger partial charge in [0.05, 0.1) is 23.7 Å². The maximum Gasteiger partial charge on any atom is 0.177 e. The second-order valence-electron chi connectivity index (χ2n) is 7.86. The van der Waals surface area contributed by atoms with Gasteiger partial charge in [0, 0.05) is 32.3 Å². The molecule has 3 heterocycles. The highest BCUT2D eigenvalue weighted by Crippen LogP contribution is 2.52. The van der Waals surface area contributed by atoms with Gasteiger partial charge >= 0.3 is 0 Å². The predicted octanol–water partition coefficient (Wildman–Crippen LogP) is 3.69. The molecule has 0 spiro atoms. The number of ether oxygens (including phenoxy) is 1. The Hall–Kier alpha value is -2.11. The van der Waals surface area contributed by atoms with E-state index in [9.17, 15) is 0 Å². The van der Waals surface area contributed by atoms with Crippen LogP contribution in [0.25, 0.3) is 11.2 Å². The van der Waals surface area contributed by atoms with Gasteiger partial charge in [0.1, 0.15) is 11.6 Å². The largest absolute Gasteiger partial charge is 0.492 e. The summed E-state index contributed by atoms with van der Waals surface area (Å²) >= 11 is 6.23. The van der Waals surface area contributed by atoms with Gasteiger partial charge in [-0.15, -0.1) is 0 Å². The van der Waals surface area contributed by atoms with Gasteiger partial charge in [-0.05, 0) is 48.6 Å². The Morgan fingerprint density at radius 1 is 1.22 bits per heavy atom. The van der Waals surface area contributed by atoms with E-state index in [2.05, 4.69) is 34.5 Å². The molecule has 1 unspecified atom stereocenters. The van der Waals surface area contributed by atoms with E-state index in [0.29, 0.717) is 10.9 Å². The quantitative estimate of drug-likeness (QED) is 0.675. The highest BCUT2D eigenvalue weighted by Gasteiger charge is 2.55. The number of hydrogen-bond donors (Lipinski definition) is 0. The first-order valence-corrected chi connectivity index (χ1v) is 9.85. The number of benzene rings is 1. The second kappa shape index (κ2) is 6.50. The van der Waals surface area contributed by atoms with E-state index in [-0.39, 0.29) is 0 Å². The van der Waals surface area contributed by atoms with Crippen LogP contribution in [0, 0.1) is 24.7 Å². The van der Waals surface area contributed by atoms with E-state index in [1.807, 2.05) is 24.3 Å². The van der Waals surface area contributed by atoms with Gasteiger partial charge in [-0.3, -0.25) is 4.90 Å². The van der Waals surface area contributed by atoms with Gasteiger partial charge in [0.2, 0.25) is 0 Å². The molecule has 1 saturated heterocycles. The number of likely N-dealkylation sites (tertiary alicyclic amines) is 1. The molecule has 0 bridgehead atoms. The van der Waals surface area contributed by atoms with E-state index in [0.717, 1.165) is 60.8 Å². The summed E-state index contributed by atoms with van der Waals surface area (Å²) < 4.78 is 8.17. The van der Waals surface area contributed by atoms with Gasteiger partial charge in [0.25, 0.3) is 0 Å². The van der Waals surface area contributed by atoms with Crippen LogP contribution in [0.4, 0.5) is 0 Å². The van der Waals surface area contributed by atoms with E-state index in [1.54, 1.807) is 6.20 Å². The van der Waals surface area contributed by atoms with Crippen molar-refractivity contribution in [2.24, 2.45) is 24.8 Å². The molecule has 0 N–H and O–H groups in total. The Bertz CT molecular complexity index is 989. The standard InChI is InChI=1S/C21H23ClN4O/c1-13-5-6-17(22)19(8-13)27-12-16-14-9-26(10-15(14)16)11-20-24-21-18(25(20)2)4-3-7-23-21/h3-8,14-16H,9-12H2,1-2H3/t14-,15+,16?. The zero-order chi connectivity index (χ0) is 18.5. The van der Waals surface area contributed by atoms with Crippen molar-refractivity contribution in [3.8, 4) is 5.75 Å². The minimum absolute atomic E-state index is 0.653. The molecule has 2 fully saturated rings. The van der Waals surface area contributed by atoms with Crippen LogP contribution in [0.5, 0.6) is 5.75 Å². The van der Waals surface area contributed by atoms with Crippen molar-refractivity contribution in [1.82, 2.24) is 19.4 Å². The Morgan fingerprint density at radius 3 is 2.81 bits per heavy atom. The first-order valence-electron chi connectivity index (χ1n) is 9.48. The Morgan fingerprint density at radius 2 is 2.04 bits per heavy atom. The SMILES string of the molecule is Cc1ccc(Cl)c(OCC2[C@H]3CN(Cc4nc5ncccc5n4C)C[C@@H]23)c1. The number of nitrogens with zero attached hydrogens (tertiary/aromatic N) is 4. The predicted molar refractivity (Wildman–Crippen MR) is 106 cm³/mol. The smallest absolute Gasteiger partial charge is 0.177 e. The van der Waals surface area contributed by atoms with Gasteiger partial charge in [-0.25, -0.2) is 9.97 Å². The normalized spacial score (nSPS) is 24.3. The summed E-state index contributed by atoms with van der Waals surface area (Å²) in [5.74, 6) is 4.03.